The standard InChI is InChI=1S/C12H15BrF3NO3/c1-19-7-9(6-18)17-5-8-2-3-11(10(13)4-8)20-12(14,15)16/h2-4,9,17-18H,5-7H2,1H3. The van der Waals surface area contributed by atoms with E-state index in [1.54, 1.807) is 0 Å². The van der Waals surface area contributed by atoms with E-state index in [1.165, 1.54) is 25.3 Å². The predicted octanol–water partition coefficient (Wildman–Crippen LogP) is 2.44. The highest BCUT2D eigenvalue weighted by atomic mass is 79.9. The lowest BCUT2D eigenvalue weighted by Crippen LogP contribution is -2.35. The Morgan fingerprint density at radius 2 is 2.10 bits per heavy atom. The normalized spacial score (nSPS) is 13.3. The summed E-state index contributed by atoms with van der Waals surface area (Å²) in [5.74, 6) is -0.295. The summed E-state index contributed by atoms with van der Waals surface area (Å²) in [5.41, 5.74) is 0.751. The predicted molar refractivity (Wildman–Crippen MR) is 70.4 cm³/mol. The number of hydrogen-bond donors (Lipinski definition) is 2. The summed E-state index contributed by atoms with van der Waals surface area (Å²) in [6.07, 6.45) is -4.72. The largest absolute Gasteiger partial charge is 0.573 e. The van der Waals surface area contributed by atoms with Crippen molar-refractivity contribution in [3.05, 3.63) is 28.2 Å². The number of rotatable bonds is 7. The van der Waals surface area contributed by atoms with Crippen LogP contribution in [-0.4, -0.2) is 37.8 Å². The minimum atomic E-state index is -4.72. The first-order chi connectivity index (χ1) is 9.35. The highest BCUT2D eigenvalue weighted by molar-refractivity contribution is 9.10. The average molecular weight is 358 g/mol. The van der Waals surface area contributed by atoms with Gasteiger partial charge in [0.2, 0.25) is 0 Å². The average Bonchev–Trinajstić information content (AvgIpc) is 2.36. The molecule has 0 fully saturated rings. The first-order valence-electron chi connectivity index (χ1n) is 5.73. The Labute approximate surface area is 123 Å². The lowest BCUT2D eigenvalue weighted by Gasteiger charge is -2.16. The van der Waals surface area contributed by atoms with Gasteiger partial charge in [0, 0.05) is 13.7 Å². The summed E-state index contributed by atoms with van der Waals surface area (Å²) in [4.78, 5) is 0. The molecule has 1 aromatic carbocycles. The Morgan fingerprint density at radius 3 is 2.60 bits per heavy atom. The molecule has 0 aromatic heterocycles. The molecule has 0 spiro atoms. The fraction of sp³-hybridized carbons (Fsp3) is 0.500. The number of hydrogen-bond acceptors (Lipinski definition) is 4. The molecule has 1 atom stereocenters. The van der Waals surface area contributed by atoms with Crippen molar-refractivity contribution >= 4 is 15.9 Å². The number of ether oxygens (including phenoxy) is 2. The third kappa shape index (κ3) is 6.08. The Morgan fingerprint density at radius 1 is 1.40 bits per heavy atom. The first kappa shape index (κ1) is 17.2. The molecule has 0 radical (unpaired) electrons. The van der Waals surface area contributed by atoms with E-state index >= 15 is 0 Å². The van der Waals surface area contributed by atoms with Crippen LogP contribution in [0.1, 0.15) is 5.56 Å². The number of nitrogens with one attached hydrogen (secondary N) is 1. The van der Waals surface area contributed by atoms with Gasteiger partial charge in [-0.15, -0.1) is 13.2 Å². The minimum absolute atomic E-state index is 0.0930. The van der Waals surface area contributed by atoms with E-state index in [2.05, 4.69) is 26.0 Å². The van der Waals surface area contributed by atoms with Gasteiger partial charge in [-0.3, -0.25) is 0 Å². The molecule has 0 heterocycles. The number of alkyl halides is 3. The zero-order valence-corrected chi connectivity index (χ0v) is 12.3. The Kier molecular flexibility index (Phi) is 6.74. The Bertz CT molecular complexity index is 429. The van der Waals surface area contributed by atoms with Gasteiger partial charge in [-0.1, -0.05) is 6.07 Å². The summed E-state index contributed by atoms with van der Waals surface area (Å²) >= 11 is 3.03. The van der Waals surface area contributed by atoms with Gasteiger partial charge >= 0.3 is 6.36 Å². The molecule has 0 bridgehead atoms. The van der Waals surface area contributed by atoms with Crippen LogP contribution < -0.4 is 10.1 Å². The van der Waals surface area contributed by atoms with Crippen LogP contribution in [0.5, 0.6) is 5.75 Å². The summed E-state index contributed by atoms with van der Waals surface area (Å²) in [5, 5.41) is 12.1. The quantitative estimate of drug-likeness (QED) is 0.786. The number of aliphatic hydroxyl groups excluding tert-OH is 1. The highest BCUT2D eigenvalue weighted by Gasteiger charge is 2.31. The van der Waals surface area contributed by atoms with E-state index in [0.29, 0.717) is 13.2 Å². The first-order valence-corrected chi connectivity index (χ1v) is 6.52. The van der Waals surface area contributed by atoms with Crippen LogP contribution in [0.4, 0.5) is 13.2 Å². The molecule has 2 N–H and O–H groups in total. The molecular formula is C12H15BrF3NO3. The van der Waals surface area contributed by atoms with Crippen molar-refractivity contribution < 1.29 is 27.8 Å². The van der Waals surface area contributed by atoms with Crippen molar-refractivity contribution in [3.63, 3.8) is 0 Å². The number of aliphatic hydroxyl groups is 1. The molecule has 0 aliphatic carbocycles. The van der Waals surface area contributed by atoms with Crippen LogP contribution in [0.2, 0.25) is 0 Å². The van der Waals surface area contributed by atoms with E-state index < -0.39 is 6.36 Å². The lowest BCUT2D eigenvalue weighted by molar-refractivity contribution is -0.274. The van der Waals surface area contributed by atoms with E-state index in [1.807, 2.05) is 0 Å². The van der Waals surface area contributed by atoms with Crippen molar-refractivity contribution in [2.45, 2.75) is 18.9 Å². The molecule has 0 aliphatic heterocycles. The van der Waals surface area contributed by atoms with Gasteiger partial charge in [-0.25, -0.2) is 0 Å². The molecule has 0 aliphatic rings. The lowest BCUT2D eigenvalue weighted by atomic mass is 10.2. The molecular weight excluding hydrogens is 343 g/mol. The number of methoxy groups -OCH3 is 1. The molecule has 4 nitrogen and oxygen atoms in total. The maximum atomic E-state index is 12.1. The smallest absolute Gasteiger partial charge is 0.405 e. The molecule has 1 rings (SSSR count). The second kappa shape index (κ2) is 7.82. The van der Waals surface area contributed by atoms with E-state index in [9.17, 15) is 13.2 Å². The molecule has 20 heavy (non-hydrogen) atoms. The molecule has 1 aromatic rings. The van der Waals surface area contributed by atoms with Crippen LogP contribution in [0, 0.1) is 0 Å². The highest BCUT2D eigenvalue weighted by Crippen LogP contribution is 2.31. The minimum Gasteiger partial charge on any atom is -0.405 e. The maximum absolute atomic E-state index is 12.1. The van der Waals surface area contributed by atoms with Crippen molar-refractivity contribution in [1.29, 1.82) is 0 Å². The van der Waals surface area contributed by atoms with E-state index in [4.69, 9.17) is 9.84 Å². The van der Waals surface area contributed by atoms with Gasteiger partial charge in [0.15, 0.2) is 0 Å². The van der Waals surface area contributed by atoms with Gasteiger partial charge in [-0.05, 0) is 33.6 Å². The zero-order chi connectivity index (χ0) is 15.2. The molecule has 0 saturated carbocycles. The number of benzene rings is 1. The zero-order valence-electron chi connectivity index (χ0n) is 10.7. The van der Waals surface area contributed by atoms with E-state index in [0.717, 1.165) is 5.56 Å². The molecule has 0 saturated heterocycles. The van der Waals surface area contributed by atoms with Crippen molar-refractivity contribution in [2.75, 3.05) is 20.3 Å². The molecule has 8 heteroatoms. The van der Waals surface area contributed by atoms with Gasteiger partial charge in [0.1, 0.15) is 5.75 Å². The fourth-order valence-electron chi connectivity index (χ4n) is 1.50. The summed E-state index contributed by atoms with van der Waals surface area (Å²) in [6.45, 7) is 0.636. The van der Waals surface area contributed by atoms with Gasteiger partial charge in [-0.2, -0.15) is 0 Å². The van der Waals surface area contributed by atoms with Crippen LogP contribution in [0.3, 0.4) is 0 Å². The second-order valence-corrected chi connectivity index (χ2v) is 4.88. The topological polar surface area (TPSA) is 50.7 Å². The van der Waals surface area contributed by atoms with Gasteiger partial charge in [0.05, 0.1) is 23.7 Å². The van der Waals surface area contributed by atoms with Crippen molar-refractivity contribution in [2.24, 2.45) is 0 Å². The monoisotopic (exact) mass is 357 g/mol. The summed E-state index contributed by atoms with van der Waals surface area (Å²) in [7, 11) is 1.52. The van der Waals surface area contributed by atoms with Gasteiger partial charge < -0.3 is 19.9 Å². The van der Waals surface area contributed by atoms with Crippen molar-refractivity contribution in [3.8, 4) is 5.75 Å². The van der Waals surface area contributed by atoms with Crippen LogP contribution in [0.15, 0.2) is 22.7 Å². The van der Waals surface area contributed by atoms with Crippen molar-refractivity contribution in [1.82, 2.24) is 5.32 Å². The third-order valence-electron chi connectivity index (χ3n) is 2.41. The number of halogens is 4. The van der Waals surface area contributed by atoms with Crippen LogP contribution in [-0.2, 0) is 11.3 Å². The molecule has 114 valence electrons. The summed E-state index contributed by atoms with van der Waals surface area (Å²) < 4.78 is 45.3. The molecule has 0 amide bonds. The molecule has 1 unspecified atom stereocenters. The third-order valence-corrected chi connectivity index (χ3v) is 3.02. The van der Waals surface area contributed by atoms with E-state index in [-0.39, 0.29) is 22.9 Å². The SMILES string of the molecule is COCC(CO)NCc1ccc(OC(F)(F)F)c(Br)c1. The van der Waals surface area contributed by atoms with Crippen LogP contribution in [0.25, 0.3) is 0 Å². The Balaban J connectivity index is 2.63. The van der Waals surface area contributed by atoms with Crippen LogP contribution >= 0.6 is 15.9 Å². The van der Waals surface area contributed by atoms with Gasteiger partial charge in [0.25, 0.3) is 0 Å². The fourth-order valence-corrected chi connectivity index (χ4v) is 2.01. The summed E-state index contributed by atoms with van der Waals surface area (Å²) in [6, 6.07) is 4.04. The second-order valence-electron chi connectivity index (χ2n) is 4.03. The maximum Gasteiger partial charge on any atom is 0.573 e. The Hall–Kier alpha value is -0.830.